The van der Waals surface area contributed by atoms with Crippen molar-refractivity contribution in [2.75, 3.05) is 6.54 Å². The van der Waals surface area contributed by atoms with Crippen LogP contribution in [0, 0.1) is 11.8 Å². The van der Waals surface area contributed by atoms with E-state index in [1.807, 2.05) is 27.1 Å². The third-order valence-electron chi connectivity index (χ3n) is 8.41. The van der Waals surface area contributed by atoms with Gasteiger partial charge in [-0.1, -0.05) is 39.7 Å². The van der Waals surface area contributed by atoms with Gasteiger partial charge in [0.2, 0.25) is 11.8 Å². The Morgan fingerprint density at radius 3 is 2.55 bits per heavy atom. The molecule has 1 aromatic carbocycles. The summed E-state index contributed by atoms with van der Waals surface area (Å²) < 4.78 is 43.8. The largest absolute Gasteiger partial charge is 0.540 e. The number of hydrogen-bond acceptors (Lipinski definition) is 8. The molecule has 245 valence electrons. The van der Waals surface area contributed by atoms with Crippen LogP contribution < -0.4 is 15.2 Å². The fourth-order valence-electron chi connectivity index (χ4n) is 5.74. The summed E-state index contributed by atoms with van der Waals surface area (Å²) in [5.74, 6) is -3.52. The maximum absolute atomic E-state index is 15.8. The van der Waals surface area contributed by atoms with Crippen LogP contribution in [0.5, 0.6) is 11.6 Å². The SMILES string of the molecule is CC.CC[C@@H]1[C@@H](Oc2nc3cc(OC4CC4)ccc3cc2C(F)(F)CCCCC2C[C@H]2OO)CN(C(=O)[C@H](C)N)[C@@H]1[C-]=O.[HH].[V]. The molecular formula is C32H46F2N3O6V-. The number of pyridine rings is 1. The summed E-state index contributed by atoms with van der Waals surface area (Å²) in [6.45, 7) is 7.40. The van der Waals surface area contributed by atoms with Crippen LogP contribution in [0.25, 0.3) is 10.9 Å². The molecule has 1 unspecified atom stereocenters. The van der Waals surface area contributed by atoms with E-state index in [0.717, 1.165) is 19.3 Å². The van der Waals surface area contributed by atoms with Crippen LogP contribution in [0.4, 0.5) is 8.78 Å². The summed E-state index contributed by atoms with van der Waals surface area (Å²) in [6, 6.07) is 4.89. The molecule has 9 nitrogen and oxygen atoms in total. The van der Waals surface area contributed by atoms with Gasteiger partial charge in [0.15, 0.2) is 0 Å². The van der Waals surface area contributed by atoms with Crippen LogP contribution in [-0.4, -0.2) is 64.3 Å². The molecular weight excluding hydrogens is 611 g/mol. The van der Waals surface area contributed by atoms with E-state index in [-0.39, 0.29) is 62.5 Å². The van der Waals surface area contributed by atoms with E-state index in [1.54, 1.807) is 18.2 Å². The maximum Gasteiger partial charge on any atom is 0.278 e. The van der Waals surface area contributed by atoms with Crippen molar-refractivity contribution < 1.29 is 58.0 Å². The molecule has 1 radical (unpaired) electrons. The monoisotopic (exact) mass is 657 g/mol. The van der Waals surface area contributed by atoms with Crippen LogP contribution >= 0.6 is 0 Å². The Labute approximate surface area is 271 Å². The second-order valence-corrected chi connectivity index (χ2v) is 11.7. The van der Waals surface area contributed by atoms with E-state index in [1.165, 1.54) is 17.9 Å². The average Bonchev–Trinajstić information content (AvgIpc) is 3.93. The molecule has 1 saturated heterocycles. The number of benzene rings is 1. The Balaban J connectivity index is 0.00000173. The van der Waals surface area contributed by atoms with E-state index >= 15 is 8.78 Å². The number of nitrogens with two attached hydrogens (primary N) is 1. The summed E-state index contributed by atoms with van der Waals surface area (Å²) in [5.41, 5.74) is 5.93. The van der Waals surface area contributed by atoms with Gasteiger partial charge in [0.05, 0.1) is 35.9 Å². The number of carbonyl (C=O) groups is 1. The minimum atomic E-state index is -3.24. The second-order valence-electron chi connectivity index (χ2n) is 11.7. The molecule has 3 fully saturated rings. The first-order valence-corrected chi connectivity index (χ1v) is 15.6. The van der Waals surface area contributed by atoms with Crippen molar-refractivity contribution in [3.63, 3.8) is 0 Å². The summed E-state index contributed by atoms with van der Waals surface area (Å²) in [5, 5.41) is 9.28. The Bertz CT molecular complexity index is 1270. The fraction of sp³-hybridized carbons (Fsp3) is 0.656. The van der Waals surface area contributed by atoms with E-state index in [0.29, 0.717) is 35.9 Å². The van der Waals surface area contributed by atoms with Crippen molar-refractivity contribution in [3.05, 3.63) is 29.8 Å². The molecule has 3 aliphatic rings. The van der Waals surface area contributed by atoms with Crippen LogP contribution in [0.15, 0.2) is 24.3 Å². The molecule has 1 aromatic heterocycles. The second kappa shape index (κ2) is 15.8. The van der Waals surface area contributed by atoms with E-state index in [9.17, 15) is 9.59 Å². The summed E-state index contributed by atoms with van der Waals surface area (Å²) in [4.78, 5) is 34.8. The molecule has 3 N–H and O–H groups in total. The van der Waals surface area contributed by atoms with Gasteiger partial charge in [-0.2, -0.15) is 0 Å². The average molecular weight is 658 g/mol. The Kier molecular flexibility index (Phi) is 13.0. The quantitative estimate of drug-likeness (QED) is 0.110. The number of halogens is 2. The van der Waals surface area contributed by atoms with Crippen molar-refractivity contribution in [2.45, 2.75) is 115 Å². The van der Waals surface area contributed by atoms with Crippen molar-refractivity contribution in [2.24, 2.45) is 17.6 Å². The summed E-state index contributed by atoms with van der Waals surface area (Å²) in [6.07, 6.45) is 5.48. The number of nitrogens with zero attached hydrogens (tertiary/aromatic N) is 2. The number of fused-ring (bicyclic) bond motifs is 1. The first-order chi connectivity index (χ1) is 20.6. The van der Waals surface area contributed by atoms with Gasteiger partial charge in [0.1, 0.15) is 11.9 Å². The van der Waals surface area contributed by atoms with E-state index < -0.39 is 42.4 Å². The van der Waals surface area contributed by atoms with Crippen molar-refractivity contribution >= 4 is 23.1 Å². The number of aromatic nitrogens is 1. The number of unbranched alkanes of at least 4 members (excludes halogenated alkanes) is 1. The first-order valence-electron chi connectivity index (χ1n) is 15.6. The van der Waals surface area contributed by atoms with Gasteiger partial charge >= 0.3 is 0 Å². The third-order valence-corrected chi connectivity index (χ3v) is 8.41. The number of hydrogen-bond donors (Lipinski definition) is 2. The molecule has 0 spiro atoms. The minimum Gasteiger partial charge on any atom is -0.540 e. The first kappa shape index (κ1) is 36.2. The molecule has 2 saturated carbocycles. The standard InChI is InChI=1S/C30H38F2N3O6.C2H6.V.H2/c1-3-22-25(16-36)35(29(37)17(2)33)15-27(22)40-28-23(30(31,32)11-5-4-6-19-13-26(19)41-38)12-18-7-8-21(14-24(18)34-28)39-20-9-10-20;1-2;;/h7-8,12,14,17,19-20,22,25-27,38H,3-6,9-11,13,15,33H2,1-2H3;1-2H3;;1H/q-1;;;/t17-,19?,22-,25+,26+,27-;;;/m0.../s1. The number of ether oxygens (including phenoxy) is 2. The fourth-order valence-corrected chi connectivity index (χ4v) is 5.74. The van der Waals surface area contributed by atoms with E-state index in [4.69, 9.17) is 20.5 Å². The van der Waals surface area contributed by atoms with Crippen LogP contribution in [0.3, 0.4) is 0 Å². The summed E-state index contributed by atoms with van der Waals surface area (Å²) >= 11 is 0. The Morgan fingerprint density at radius 1 is 1.23 bits per heavy atom. The van der Waals surface area contributed by atoms with Gasteiger partial charge in [-0.15, -0.1) is 0 Å². The number of amides is 1. The topological polar surface area (TPSA) is 124 Å². The van der Waals surface area contributed by atoms with Crippen LogP contribution in [0.1, 0.15) is 86.1 Å². The van der Waals surface area contributed by atoms with Crippen LogP contribution in [-0.2, 0) is 39.0 Å². The normalized spacial score (nSPS) is 25.0. The van der Waals surface area contributed by atoms with Gasteiger partial charge in [0, 0.05) is 37.9 Å². The predicted octanol–water partition coefficient (Wildman–Crippen LogP) is 6.02. The van der Waals surface area contributed by atoms with E-state index in [2.05, 4.69) is 9.87 Å². The molecule has 0 bridgehead atoms. The zero-order valence-corrected chi connectivity index (χ0v) is 27.3. The predicted molar refractivity (Wildman–Crippen MR) is 160 cm³/mol. The van der Waals surface area contributed by atoms with Gasteiger partial charge in [-0.05, 0) is 69.1 Å². The molecule has 5 rings (SSSR count). The molecule has 2 aromatic rings. The van der Waals surface area contributed by atoms with Gasteiger partial charge in [-0.25, -0.2) is 24.9 Å². The van der Waals surface area contributed by atoms with Gasteiger partial charge in [0.25, 0.3) is 5.92 Å². The third kappa shape index (κ3) is 8.48. The number of carbonyl (C=O) groups excluding carboxylic acids is 2. The molecule has 44 heavy (non-hydrogen) atoms. The molecule has 1 aliphatic heterocycles. The van der Waals surface area contributed by atoms with Gasteiger partial charge < -0.3 is 24.9 Å². The van der Waals surface area contributed by atoms with Crippen molar-refractivity contribution in [1.29, 1.82) is 0 Å². The molecule has 6 atom stereocenters. The minimum absolute atomic E-state index is 0. The summed E-state index contributed by atoms with van der Waals surface area (Å²) in [7, 11) is 0. The molecule has 1 amide bonds. The number of rotatable bonds is 14. The van der Waals surface area contributed by atoms with Crippen molar-refractivity contribution in [3.8, 4) is 11.6 Å². The zero-order valence-electron chi connectivity index (χ0n) is 25.9. The van der Waals surface area contributed by atoms with Gasteiger partial charge in [-0.3, -0.25) is 10.1 Å². The smallest absolute Gasteiger partial charge is 0.278 e. The maximum atomic E-state index is 15.8. The number of alkyl halides is 2. The molecule has 2 aliphatic carbocycles. The van der Waals surface area contributed by atoms with Crippen LogP contribution in [0.2, 0.25) is 0 Å². The number of likely N-dealkylation sites (tertiary alicyclic amines) is 1. The molecule has 2 heterocycles. The van der Waals surface area contributed by atoms with Crippen molar-refractivity contribution in [1.82, 2.24) is 9.88 Å². The zero-order chi connectivity index (χ0) is 31.3. The Hall–Kier alpha value is -2.31. The molecule has 12 heteroatoms. The Morgan fingerprint density at radius 2 is 1.95 bits per heavy atom.